The van der Waals surface area contributed by atoms with E-state index in [1.807, 2.05) is 0 Å². The number of nitrogens with zero attached hydrogens (tertiary/aromatic N) is 3. The van der Waals surface area contributed by atoms with Gasteiger partial charge in [-0.15, -0.1) is 0 Å². The summed E-state index contributed by atoms with van der Waals surface area (Å²) in [5, 5.41) is 8.80. The van der Waals surface area contributed by atoms with Gasteiger partial charge in [-0.25, -0.2) is 0 Å². The van der Waals surface area contributed by atoms with Crippen molar-refractivity contribution in [3.8, 4) is 0 Å². The van der Waals surface area contributed by atoms with Crippen molar-refractivity contribution in [1.29, 1.82) is 0 Å². The summed E-state index contributed by atoms with van der Waals surface area (Å²) in [4.78, 5) is 10.1. The van der Waals surface area contributed by atoms with Gasteiger partial charge in [0.15, 0.2) is 0 Å². The van der Waals surface area contributed by atoms with Gasteiger partial charge in [-0.3, -0.25) is 25.3 Å². The standard InChI is InChI=1S/C64H111N5/c1-7-19-48(20-8-1)60-45-61(49-21-9-2-10-22-49)66-64(65-60)50-33-31-46(32-34-50)47-35-37-55(38-36-47)69-62-41-39-56(67(51-23-11-3-12-24-51)52-25-13-4-14-26-52)43-58(62)59-44-57(40-42-63(59)69)68(53-27-15-5-16-28-53)54-29-17-6-18-30-54/h46-66H,1-45H2. The van der Waals surface area contributed by atoms with Crippen molar-refractivity contribution >= 4 is 0 Å². The van der Waals surface area contributed by atoms with Crippen molar-refractivity contribution in [3.05, 3.63) is 0 Å². The molecule has 10 aliphatic carbocycles. The van der Waals surface area contributed by atoms with Gasteiger partial charge in [0.25, 0.3) is 0 Å². The lowest BCUT2D eigenvalue weighted by atomic mass is 9.68. The third-order valence-corrected chi connectivity index (χ3v) is 24.7. The molecule has 0 aromatic rings. The van der Waals surface area contributed by atoms with Crippen LogP contribution >= 0.6 is 0 Å². The molecule has 0 bridgehead atoms. The van der Waals surface area contributed by atoms with E-state index in [0.717, 1.165) is 108 Å². The Balaban J connectivity index is 0.723. The first-order chi connectivity index (χ1) is 34.2. The lowest BCUT2D eigenvalue weighted by Gasteiger charge is -2.51. The summed E-state index contributed by atoms with van der Waals surface area (Å²) >= 11 is 0. The van der Waals surface area contributed by atoms with Gasteiger partial charge in [0.05, 0.1) is 6.17 Å². The fourth-order valence-corrected chi connectivity index (χ4v) is 21.4. The number of hydrogen-bond acceptors (Lipinski definition) is 5. The minimum absolute atomic E-state index is 0.588. The molecule has 2 saturated heterocycles. The van der Waals surface area contributed by atoms with Crippen LogP contribution in [0.1, 0.15) is 289 Å². The second-order valence-electron chi connectivity index (χ2n) is 28.2. The van der Waals surface area contributed by atoms with Crippen LogP contribution in [0.5, 0.6) is 0 Å². The molecule has 0 radical (unpaired) electrons. The minimum atomic E-state index is 0.588. The maximum Gasteiger partial charge on any atom is 0.0605 e. The third-order valence-electron chi connectivity index (χ3n) is 24.7. The van der Waals surface area contributed by atoms with Gasteiger partial charge < -0.3 is 0 Å². The van der Waals surface area contributed by atoms with E-state index in [-0.39, 0.29) is 0 Å². The van der Waals surface area contributed by atoms with Gasteiger partial charge in [-0.2, -0.15) is 0 Å². The van der Waals surface area contributed by atoms with Gasteiger partial charge in [-0.05, 0) is 215 Å². The molecule has 12 aliphatic rings. The first-order valence-electron chi connectivity index (χ1n) is 33.1. The molecule has 2 heterocycles. The molecule has 8 unspecified atom stereocenters. The van der Waals surface area contributed by atoms with Crippen molar-refractivity contribution in [3.63, 3.8) is 0 Å². The SMILES string of the molecule is C1CCC(C2CC(C3CCCCC3)NC(C3CCC(C4CCC(N5C6CCC(N(C7CCCCC7)C7CCCCC7)CC6C6CC(N(C7CCCCC7)C7CCCCC7)CCC65)CC4)CC3)N2)CC1. The average Bonchev–Trinajstić information content (AvgIpc) is 3.75. The fourth-order valence-electron chi connectivity index (χ4n) is 21.4. The monoisotopic (exact) mass is 950 g/mol. The summed E-state index contributed by atoms with van der Waals surface area (Å²) < 4.78 is 0. The molecule has 12 fully saturated rings. The van der Waals surface area contributed by atoms with Crippen LogP contribution in [0.25, 0.3) is 0 Å². The van der Waals surface area contributed by atoms with E-state index in [0.29, 0.717) is 6.17 Å². The fraction of sp³-hybridized carbons (Fsp3) is 1.00. The summed E-state index contributed by atoms with van der Waals surface area (Å²) in [5.41, 5.74) is 0. The van der Waals surface area contributed by atoms with Crippen LogP contribution in [0.4, 0.5) is 0 Å². The summed E-state index contributed by atoms with van der Waals surface area (Å²) in [6.45, 7) is 0. The first-order valence-corrected chi connectivity index (χ1v) is 33.1. The molecule has 69 heavy (non-hydrogen) atoms. The molecule has 0 aromatic heterocycles. The molecule has 0 aromatic carbocycles. The summed E-state index contributed by atoms with van der Waals surface area (Å²) in [6.07, 6.45) is 68.6. The number of likely N-dealkylation sites (tertiary alicyclic amines) is 1. The minimum Gasteiger partial charge on any atom is -0.299 e. The average molecular weight is 951 g/mol. The highest BCUT2D eigenvalue weighted by molar-refractivity contribution is 5.11. The Morgan fingerprint density at radius 2 is 0.594 bits per heavy atom. The molecule has 12 rings (SSSR count). The molecule has 0 spiro atoms. The molecule has 8 atom stereocenters. The molecule has 2 N–H and O–H groups in total. The van der Waals surface area contributed by atoms with E-state index < -0.39 is 0 Å². The van der Waals surface area contributed by atoms with E-state index in [2.05, 4.69) is 25.3 Å². The lowest BCUT2D eigenvalue weighted by molar-refractivity contribution is -0.00956. The highest BCUT2D eigenvalue weighted by Crippen LogP contribution is 2.55. The maximum absolute atomic E-state index is 4.40. The summed E-state index contributed by atoms with van der Waals surface area (Å²) in [5.74, 6) is 6.71. The summed E-state index contributed by atoms with van der Waals surface area (Å²) in [7, 11) is 0. The Morgan fingerprint density at radius 3 is 0.971 bits per heavy atom. The topological polar surface area (TPSA) is 33.8 Å². The maximum atomic E-state index is 4.40. The van der Waals surface area contributed by atoms with Gasteiger partial charge >= 0.3 is 0 Å². The van der Waals surface area contributed by atoms with E-state index in [1.54, 1.807) is 25.7 Å². The molecule has 5 heteroatoms. The van der Waals surface area contributed by atoms with Crippen molar-refractivity contribution < 1.29 is 0 Å². The predicted molar refractivity (Wildman–Crippen MR) is 289 cm³/mol. The van der Waals surface area contributed by atoms with Crippen LogP contribution in [-0.2, 0) is 0 Å². The summed E-state index contributed by atoms with van der Waals surface area (Å²) in [6, 6.07) is 9.63. The lowest BCUT2D eigenvalue weighted by Crippen LogP contribution is -2.64. The largest absolute Gasteiger partial charge is 0.299 e. The molecular formula is C64H111N5. The molecule has 0 amide bonds. The Morgan fingerprint density at radius 1 is 0.261 bits per heavy atom. The Hall–Kier alpha value is -0.200. The van der Waals surface area contributed by atoms with E-state index in [9.17, 15) is 0 Å². The van der Waals surface area contributed by atoms with Gasteiger partial charge in [0.1, 0.15) is 0 Å². The number of fused-ring (bicyclic) bond motifs is 3. The second-order valence-corrected chi connectivity index (χ2v) is 28.2. The first kappa shape index (κ1) is 49.7. The number of hydrogen-bond donors (Lipinski definition) is 2. The van der Waals surface area contributed by atoms with Crippen molar-refractivity contribution in [1.82, 2.24) is 25.3 Å². The van der Waals surface area contributed by atoms with Crippen LogP contribution in [0.15, 0.2) is 0 Å². The third kappa shape index (κ3) is 11.2. The van der Waals surface area contributed by atoms with E-state index >= 15 is 0 Å². The van der Waals surface area contributed by atoms with Gasteiger partial charge in [-0.1, -0.05) is 116 Å². The van der Waals surface area contributed by atoms with Crippen LogP contribution in [0.2, 0.25) is 0 Å². The van der Waals surface area contributed by atoms with Crippen LogP contribution in [0, 0.1) is 41.4 Å². The smallest absolute Gasteiger partial charge is 0.0605 e. The van der Waals surface area contributed by atoms with Crippen LogP contribution in [-0.4, -0.2) is 87.3 Å². The van der Waals surface area contributed by atoms with Gasteiger partial charge in [0, 0.05) is 66.5 Å². The second kappa shape index (κ2) is 23.8. The zero-order chi connectivity index (χ0) is 45.9. The molecule has 2 aliphatic heterocycles. The molecule has 5 nitrogen and oxygen atoms in total. The predicted octanol–water partition coefficient (Wildman–Crippen LogP) is 15.5. The molecule has 392 valence electrons. The molecule has 10 saturated carbocycles. The van der Waals surface area contributed by atoms with Crippen molar-refractivity contribution in [2.24, 2.45) is 41.4 Å². The highest BCUT2D eigenvalue weighted by Gasteiger charge is 2.57. The van der Waals surface area contributed by atoms with Crippen LogP contribution in [0.3, 0.4) is 0 Å². The normalized spacial score (nSPS) is 43.0. The zero-order valence-corrected chi connectivity index (χ0v) is 45.1. The quantitative estimate of drug-likeness (QED) is 0.216. The van der Waals surface area contributed by atoms with Crippen LogP contribution < -0.4 is 10.6 Å². The van der Waals surface area contributed by atoms with E-state index in [1.165, 1.54) is 263 Å². The zero-order valence-electron chi connectivity index (χ0n) is 45.1. The Bertz CT molecular complexity index is 1390. The number of nitrogens with one attached hydrogen (secondary N) is 2. The molecular weight excluding hydrogens is 839 g/mol. The number of rotatable bonds is 11. The van der Waals surface area contributed by atoms with Crippen molar-refractivity contribution in [2.75, 3.05) is 0 Å². The van der Waals surface area contributed by atoms with Crippen molar-refractivity contribution in [2.45, 2.75) is 362 Å². The van der Waals surface area contributed by atoms with E-state index in [4.69, 9.17) is 0 Å². The Kier molecular flexibility index (Phi) is 17.1. The Labute approximate surface area is 426 Å². The highest BCUT2D eigenvalue weighted by atomic mass is 15.3. The van der Waals surface area contributed by atoms with Gasteiger partial charge in [0.2, 0.25) is 0 Å².